The molecule has 4 heterocycles. The van der Waals surface area contributed by atoms with Crippen LogP contribution in [0.15, 0.2) is 36.8 Å². The summed E-state index contributed by atoms with van der Waals surface area (Å²) >= 11 is 0. The van der Waals surface area contributed by atoms with Gasteiger partial charge in [0, 0.05) is 43.8 Å². The number of anilines is 1. The van der Waals surface area contributed by atoms with Gasteiger partial charge in [-0.05, 0) is 55.7 Å². The van der Waals surface area contributed by atoms with Crippen LogP contribution in [-0.2, 0) is 26.3 Å². The molecule has 1 fully saturated rings. The number of aryl methyl sites for hydroxylation is 2. The molecular formula is C21H24N6. The van der Waals surface area contributed by atoms with Crippen molar-refractivity contribution in [3.8, 4) is 11.5 Å². The predicted octanol–water partition coefficient (Wildman–Crippen LogP) is 2.83. The van der Waals surface area contributed by atoms with Crippen LogP contribution in [0.3, 0.4) is 0 Å². The van der Waals surface area contributed by atoms with E-state index in [2.05, 4.69) is 21.2 Å². The van der Waals surface area contributed by atoms with E-state index in [4.69, 9.17) is 9.97 Å². The van der Waals surface area contributed by atoms with Crippen LogP contribution in [0.1, 0.15) is 29.7 Å². The molecule has 3 aromatic heterocycles. The summed E-state index contributed by atoms with van der Waals surface area (Å²) in [6, 6.07) is 5.93. The topological polar surface area (TPSA) is 59.7 Å². The third-order valence-electron chi connectivity index (χ3n) is 5.67. The molecule has 1 saturated heterocycles. The average Bonchev–Trinajstić information content (AvgIpc) is 3.43. The zero-order valence-corrected chi connectivity index (χ0v) is 15.7. The van der Waals surface area contributed by atoms with Gasteiger partial charge in [0.2, 0.25) is 0 Å². The molecule has 138 valence electrons. The van der Waals surface area contributed by atoms with Crippen LogP contribution >= 0.6 is 0 Å². The number of hydrogen-bond donors (Lipinski definition) is 0. The summed E-state index contributed by atoms with van der Waals surface area (Å²) < 4.78 is 1.89. The fourth-order valence-corrected chi connectivity index (χ4v) is 4.39. The highest BCUT2D eigenvalue weighted by Crippen LogP contribution is 2.34. The highest BCUT2D eigenvalue weighted by atomic mass is 15.2. The van der Waals surface area contributed by atoms with Gasteiger partial charge in [0.1, 0.15) is 11.5 Å². The maximum atomic E-state index is 4.98. The van der Waals surface area contributed by atoms with E-state index in [0.29, 0.717) is 5.92 Å². The summed E-state index contributed by atoms with van der Waals surface area (Å²) in [5.74, 6) is 2.56. The number of aromatic nitrogens is 5. The lowest BCUT2D eigenvalue weighted by molar-refractivity contribution is 0.585. The normalized spacial score (nSPS) is 18.9. The molecule has 1 atom stereocenters. The zero-order chi connectivity index (χ0) is 18.2. The lowest BCUT2D eigenvalue weighted by Gasteiger charge is -2.21. The van der Waals surface area contributed by atoms with Gasteiger partial charge >= 0.3 is 0 Å². The Labute approximate surface area is 159 Å². The average molecular weight is 360 g/mol. The van der Waals surface area contributed by atoms with Gasteiger partial charge in [0.25, 0.3) is 0 Å². The van der Waals surface area contributed by atoms with Crippen molar-refractivity contribution in [2.45, 2.75) is 32.1 Å². The number of nitrogens with zero attached hydrogens (tertiary/aromatic N) is 6. The standard InChI is InChI=1S/C21H24N6/c1-26-13-16(12-23-26)11-15-8-10-27(14-15)21-17-5-4-7-18(17)24-20(25-21)19-6-2-3-9-22-19/h2-3,6,9,12-13,15H,4-5,7-8,10-11,14H2,1H3. The molecule has 0 amide bonds. The molecule has 27 heavy (non-hydrogen) atoms. The minimum Gasteiger partial charge on any atom is -0.356 e. The third kappa shape index (κ3) is 3.20. The molecule has 6 heteroatoms. The summed E-state index contributed by atoms with van der Waals surface area (Å²) in [6.07, 6.45) is 11.5. The van der Waals surface area contributed by atoms with Gasteiger partial charge in [0.15, 0.2) is 5.82 Å². The van der Waals surface area contributed by atoms with E-state index in [0.717, 1.165) is 49.7 Å². The second-order valence-electron chi connectivity index (χ2n) is 7.69. The SMILES string of the molecule is Cn1cc(CC2CCN(c3nc(-c4ccccn4)nc4c3CCC4)C2)cn1. The van der Waals surface area contributed by atoms with Crippen LogP contribution in [0, 0.1) is 5.92 Å². The first-order valence-corrected chi connectivity index (χ1v) is 9.80. The molecule has 0 radical (unpaired) electrons. The molecule has 0 bridgehead atoms. The molecule has 1 aliphatic heterocycles. The van der Waals surface area contributed by atoms with Crippen LogP contribution in [-0.4, -0.2) is 37.8 Å². The molecule has 1 unspecified atom stereocenters. The minimum absolute atomic E-state index is 0.652. The quantitative estimate of drug-likeness (QED) is 0.716. The first-order valence-electron chi connectivity index (χ1n) is 9.80. The third-order valence-corrected chi connectivity index (χ3v) is 5.67. The van der Waals surface area contributed by atoms with Crippen molar-refractivity contribution in [1.29, 1.82) is 0 Å². The Balaban J connectivity index is 1.42. The van der Waals surface area contributed by atoms with Gasteiger partial charge in [-0.1, -0.05) is 6.07 Å². The summed E-state index contributed by atoms with van der Waals surface area (Å²) in [7, 11) is 1.98. The number of hydrogen-bond acceptors (Lipinski definition) is 5. The highest BCUT2D eigenvalue weighted by Gasteiger charge is 2.29. The Bertz CT molecular complexity index is 949. The van der Waals surface area contributed by atoms with Crippen molar-refractivity contribution in [3.63, 3.8) is 0 Å². The summed E-state index contributed by atoms with van der Waals surface area (Å²) in [6.45, 7) is 2.12. The molecule has 0 aromatic carbocycles. The van der Waals surface area contributed by atoms with Crippen LogP contribution in [0.4, 0.5) is 5.82 Å². The lowest BCUT2D eigenvalue weighted by atomic mass is 10.0. The maximum absolute atomic E-state index is 4.98. The predicted molar refractivity (Wildman–Crippen MR) is 105 cm³/mol. The molecule has 5 rings (SSSR count). The smallest absolute Gasteiger partial charge is 0.180 e. The molecule has 0 N–H and O–H groups in total. The molecule has 0 saturated carbocycles. The molecule has 6 nitrogen and oxygen atoms in total. The van der Waals surface area contributed by atoms with Crippen molar-refractivity contribution in [1.82, 2.24) is 24.7 Å². The van der Waals surface area contributed by atoms with E-state index in [1.54, 1.807) is 0 Å². The van der Waals surface area contributed by atoms with Crippen molar-refractivity contribution in [3.05, 3.63) is 53.6 Å². The van der Waals surface area contributed by atoms with E-state index >= 15 is 0 Å². The zero-order valence-electron chi connectivity index (χ0n) is 15.7. The lowest BCUT2D eigenvalue weighted by Crippen LogP contribution is -2.23. The minimum atomic E-state index is 0.652. The van der Waals surface area contributed by atoms with Gasteiger partial charge < -0.3 is 4.90 Å². The van der Waals surface area contributed by atoms with Crippen LogP contribution in [0.5, 0.6) is 0 Å². The Morgan fingerprint density at radius 2 is 2.15 bits per heavy atom. The van der Waals surface area contributed by atoms with Crippen LogP contribution in [0.25, 0.3) is 11.5 Å². The molecule has 2 aliphatic rings. The Morgan fingerprint density at radius 3 is 2.96 bits per heavy atom. The van der Waals surface area contributed by atoms with Gasteiger partial charge in [-0.3, -0.25) is 9.67 Å². The van der Waals surface area contributed by atoms with E-state index in [1.807, 2.05) is 42.3 Å². The number of fused-ring (bicyclic) bond motifs is 1. The monoisotopic (exact) mass is 360 g/mol. The Kier molecular flexibility index (Phi) is 4.11. The van der Waals surface area contributed by atoms with Crippen LogP contribution < -0.4 is 4.90 Å². The van der Waals surface area contributed by atoms with Gasteiger partial charge in [-0.15, -0.1) is 0 Å². The second-order valence-corrected chi connectivity index (χ2v) is 7.69. The molecule has 3 aromatic rings. The Morgan fingerprint density at radius 1 is 1.19 bits per heavy atom. The Hall–Kier alpha value is -2.76. The van der Waals surface area contributed by atoms with Gasteiger partial charge in [0.05, 0.1) is 6.20 Å². The van der Waals surface area contributed by atoms with Crippen molar-refractivity contribution < 1.29 is 0 Å². The van der Waals surface area contributed by atoms with Gasteiger partial charge in [-0.2, -0.15) is 5.10 Å². The van der Waals surface area contributed by atoms with Crippen molar-refractivity contribution in [2.24, 2.45) is 13.0 Å². The molecule has 1 aliphatic carbocycles. The van der Waals surface area contributed by atoms with Crippen molar-refractivity contribution in [2.75, 3.05) is 18.0 Å². The van der Waals surface area contributed by atoms with Crippen molar-refractivity contribution >= 4 is 5.82 Å². The van der Waals surface area contributed by atoms with E-state index < -0.39 is 0 Å². The maximum Gasteiger partial charge on any atom is 0.180 e. The van der Waals surface area contributed by atoms with E-state index in [9.17, 15) is 0 Å². The number of pyridine rings is 1. The largest absolute Gasteiger partial charge is 0.356 e. The highest BCUT2D eigenvalue weighted by molar-refractivity contribution is 5.59. The molecule has 0 spiro atoms. The summed E-state index contributed by atoms with van der Waals surface area (Å²) in [5, 5.41) is 4.30. The first kappa shape index (κ1) is 16.4. The molecular weight excluding hydrogens is 336 g/mol. The number of rotatable bonds is 4. The van der Waals surface area contributed by atoms with Crippen LogP contribution in [0.2, 0.25) is 0 Å². The first-order chi connectivity index (χ1) is 13.3. The fraction of sp³-hybridized carbons (Fsp3) is 0.429. The summed E-state index contributed by atoms with van der Waals surface area (Å²) in [5.41, 5.74) is 4.76. The van der Waals surface area contributed by atoms with E-state index in [1.165, 1.54) is 29.7 Å². The second kappa shape index (κ2) is 6.76. The fourth-order valence-electron chi connectivity index (χ4n) is 4.39. The summed E-state index contributed by atoms with van der Waals surface area (Å²) in [4.78, 5) is 16.7. The van der Waals surface area contributed by atoms with Gasteiger partial charge in [-0.25, -0.2) is 9.97 Å². The van der Waals surface area contributed by atoms with E-state index in [-0.39, 0.29) is 0 Å².